The smallest absolute Gasteiger partial charge is 0.00454 e. The van der Waals surface area contributed by atoms with E-state index in [9.17, 15) is 0 Å². The Hall–Kier alpha value is -0.340. The van der Waals surface area contributed by atoms with E-state index in [0.29, 0.717) is 5.41 Å². The second-order valence-corrected chi connectivity index (χ2v) is 7.40. The third kappa shape index (κ3) is 3.36. The summed E-state index contributed by atoms with van der Waals surface area (Å²) >= 11 is 1.89. The van der Waals surface area contributed by atoms with E-state index in [2.05, 4.69) is 31.4 Å². The molecule has 0 bridgehead atoms. The zero-order valence-electron chi connectivity index (χ0n) is 11.8. The van der Waals surface area contributed by atoms with Crippen LogP contribution in [0.2, 0.25) is 0 Å². The Morgan fingerprint density at radius 1 is 1.39 bits per heavy atom. The molecule has 1 nitrogen and oxygen atoms in total. The van der Waals surface area contributed by atoms with Gasteiger partial charge in [0.15, 0.2) is 0 Å². The predicted octanol–water partition coefficient (Wildman–Crippen LogP) is 4.47. The van der Waals surface area contributed by atoms with Crippen molar-refractivity contribution >= 4 is 11.3 Å². The quantitative estimate of drug-likeness (QED) is 0.835. The van der Waals surface area contributed by atoms with Gasteiger partial charge in [0, 0.05) is 4.88 Å². The standard InChI is InChI=1S/C16H27NS/c1-13(2)14-5-8-16(12-17,9-6-14)10-7-15-4-3-11-18-15/h3-4,11,13-14H,5-10,12,17H2,1-2H3. The Morgan fingerprint density at radius 2 is 2.11 bits per heavy atom. The summed E-state index contributed by atoms with van der Waals surface area (Å²) in [5.41, 5.74) is 6.54. The second-order valence-electron chi connectivity index (χ2n) is 6.36. The molecule has 102 valence electrons. The third-order valence-electron chi connectivity index (χ3n) is 4.95. The van der Waals surface area contributed by atoms with Gasteiger partial charge < -0.3 is 5.73 Å². The predicted molar refractivity (Wildman–Crippen MR) is 80.9 cm³/mol. The van der Waals surface area contributed by atoms with Gasteiger partial charge in [-0.15, -0.1) is 11.3 Å². The fourth-order valence-electron chi connectivity index (χ4n) is 3.32. The highest BCUT2D eigenvalue weighted by molar-refractivity contribution is 7.09. The number of nitrogens with two attached hydrogens (primary N) is 1. The lowest BCUT2D eigenvalue weighted by Crippen LogP contribution is -2.36. The van der Waals surface area contributed by atoms with E-state index in [1.165, 1.54) is 43.4 Å². The van der Waals surface area contributed by atoms with E-state index in [4.69, 9.17) is 5.73 Å². The van der Waals surface area contributed by atoms with Gasteiger partial charge in [-0.25, -0.2) is 0 Å². The zero-order chi connectivity index (χ0) is 13.0. The molecule has 0 spiro atoms. The molecule has 1 aliphatic carbocycles. The Balaban J connectivity index is 1.88. The molecule has 1 fully saturated rings. The van der Waals surface area contributed by atoms with Crippen molar-refractivity contribution in [3.05, 3.63) is 22.4 Å². The molecule has 2 rings (SSSR count). The summed E-state index contributed by atoms with van der Waals surface area (Å²) in [6.07, 6.45) is 7.98. The molecule has 1 heterocycles. The summed E-state index contributed by atoms with van der Waals surface area (Å²) in [4.78, 5) is 1.52. The van der Waals surface area contributed by atoms with Crippen LogP contribution in [-0.2, 0) is 6.42 Å². The average molecular weight is 265 g/mol. The summed E-state index contributed by atoms with van der Waals surface area (Å²) in [5, 5.41) is 2.18. The molecule has 0 saturated heterocycles. The molecular formula is C16H27NS. The summed E-state index contributed by atoms with van der Waals surface area (Å²) in [6.45, 7) is 5.61. The van der Waals surface area contributed by atoms with Crippen molar-refractivity contribution in [2.24, 2.45) is 23.0 Å². The second kappa shape index (κ2) is 6.21. The van der Waals surface area contributed by atoms with Gasteiger partial charge in [-0.2, -0.15) is 0 Å². The van der Waals surface area contributed by atoms with Crippen molar-refractivity contribution in [2.45, 2.75) is 52.4 Å². The van der Waals surface area contributed by atoms with Crippen LogP contribution in [0.4, 0.5) is 0 Å². The van der Waals surface area contributed by atoms with Crippen LogP contribution in [0.3, 0.4) is 0 Å². The molecule has 2 heteroatoms. The Kier molecular flexibility index (Phi) is 4.85. The highest BCUT2D eigenvalue weighted by atomic mass is 32.1. The number of hydrogen-bond donors (Lipinski definition) is 1. The molecule has 0 amide bonds. The van der Waals surface area contributed by atoms with E-state index >= 15 is 0 Å². The Labute approximate surface area is 116 Å². The maximum absolute atomic E-state index is 6.10. The normalized spacial score (nSPS) is 28.8. The molecule has 18 heavy (non-hydrogen) atoms. The fraction of sp³-hybridized carbons (Fsp3) is 0.750. The van der Waals surface area contributed by atoms with Crippen molar-refractivity contribution in [3.63, 3.8) is 0 Å². The van der Waals surface area contributed by atoms with Crippen molar-refractivity contribution < 1.29 is 0 Å². The minimum atomic E-state index is 0.440. The molecule has 0 unspecified atom stereocenters. The molecule has 0 atom stereocenters. The summed E-state index contributed by atoms with van der Waals surface area (Å²) in [6, 6.07) is 4.42. The number of hydrogen-bond acceptors (Lipinski definition) is 2. The van der Waals surface area contributed by atoms with Gasteiger partial charge in [-0.05, 0) is 73.8 Å². The van der Waals surface area contributed by atoms with Gasteiger partial charge in [0.1, 0.15) is 0 Å². The van der Waals surface area contributed by atoms with Crippen LogP contribution in [0, 0.1) is 17.3 Å². The van der Waals surface area contributed by atoms with Gasteiger partial charge >= 0.3 is 0 Å². The van der Waals surface area contributed by atoms with E-state index in [1.807, 2.05) is 11.3 Å². The van der Waals surface area contributed by atoms with Crippen molar-refractivity contribution in [2.75, 3.05) is 6.54 Å². The van der Waals surface area contributed by atoms with E-state index in [1.54, 1.807) is 0 Å². The molecule has 0 aliphatic heterocycles. The first-order chi connectivity index (χ1) is 8.65. The molecule has 0 radical (unpaired) electrons. The SMILES string of the molecule is CC(C)C1CCC(CN)(CCc2cccs2)CC1. The molecule has 1 aromatic heterocycles. The van der Waals surface area contributed by atoms with Crippen LogP contribution in [0.15, 0.2) is 17.5 Å². The first kappa shape index (κ1) is 14.1. The summed E-state index contributed by atoms with van der Waals surface area (Å²) < 4.78 is 0. The minimum Gasteiger partial charge on any atom is -0.330 e. The van der Waals surface area contributed by atoms with Crippen molar-refractivity contribution in [1.82, 2.24) is 0 Å². The van der Waals surface area contributed by atoms with Gasteiger partial charge in [0.2, 0.25) is 0 Å². The first-order valence-electron chi connectivity index (χ1n) is 7.38. The molecule has 1 aromatic rings. The number of aryl methyl sites for hydroxylation is 1. The molecule has 0 aromatic carbocycles. The van der Waals surface area contributed by atoms with Crippen LogP contribution in [-0.4, -0.2) is 6.54 Å². The molecule has 1 saturated carbocycles. The lowest BCUT2D eigenvalue weighted by molar-refractivity contribution is 0.123. The average Bonchev–Trinajstić information content (AvgIpc) is 2.90. The maximum atomic E-state index is 6.10. The maximum Gasteiger partial charge on any atom is 0.00454 e. The van der Waals surface area contributed by atoms with E-state index < -0.39 is 0 Å². The number of thiophene rings is 1. The molecule has 2 N–H and O–H groups in total. The lowest BCUT2D eigenvalue weighted by atomic mass is 9.66. The fourth-order valence-corrected chi connectivity index (χ4v) is 4.03. The van der Waals surface area contributed by atoms with Crippen LogP contribution >= 0.6 is 11.3 Å². The van der Waals surface area contributed by atoms with Crippen molar-refractivity contribution in [1.29, 1.82) is 0 Å². The zero-order valence-corrected chi connectivity index (χ0v) is 12.6. The monoisotopic (exact) mass is 265 g/mol. The topological polar surface area (TPSA) is 26.0 Å². The van der Waals surface area contributed by atoms with E-state index in [0.717, 1.165) is 18.4 Å². The van der Waals surface area contributed by atoms with Crippen LogP contribution in [0.5, 0.6) is 0 Å². The first-order valence-corrected chi connectivity index (χ1v) is 8.26. The highest BCUT2D eigenvalue weighted by Gasteiger charge is 2.34. The number of rotatable bonds is 5. The summed E-state index contributed by atoms with van der Waals surface area (Å²) in [7, 11) is 0. The van der Waals surface area contributed by atoms with Crippen LogP contribution in [0.1, 0.15) is 50.8 Å². The van der Waals surface area contributed by atoms with Gasteiger partial charge in [0.25, 0.3) is 0 Å². The van der Waals surface area contributed by atoms with Crippen LogP contribution in [0.25, 0.3) is 0 Å². The largest absolute Gasteiger partial charge is 0.330 e. The highest BCUT2D eigenvalue weighted by Crippen LogP contribution is 2.43. The third-order valence-corrected chi connectivity index (χ3v) is 5.88. The summed E-state index contributed by atoms with van der Waals surface area (Å²) in [5.74, 6) is 1.78. The Bertz CT molecular complexity index is 334. The molecule has 1 aliphatic rings. The Morgan fingerprint density at radius 3 is 2.61 bits per heavy atom. The lowest BCUT2D eigenvalue weighted by Gasteiger charge is -2.41. The van der Waals surface area contributed by atoms with E-state index in [-0.39, 0.29) is 0 Å². The van der Waals surface area contributed by atoms with Crippen molar-refractivity contribution in [3.8, 4) is 0 Å². The van der Waals surface area contributed by atoms with Gasteiger partial charge in [-0.3, -0.25) is 0 Å². The van der Waals surface area contributed by atoms with Gasteiger partial charge in [-0.1, -0.05) is 19.9 Å². The molecular weight excluding hydrogens is 238 g/mol. The van der Waals surface area contributed by atoms with Gasteiger partial charge in [0.05, 0.1) is 0 Å². The minimum absolute atomic E-state index is 0.440. The van der Waals surface area contributed by atoms with Crippen LogP contribution < -0.4 is 5.73 Å².